The van der Waals surface area contributed by atoms with Crippen LogP contribution in [-0.4, -0.2) is 25.2 Å². The molecule has 0 unspecified atom stereocenters. The number of nitrogens with one attached hydrogen (secondary N) is 2. The number of alkyl halides is 3. The fourth-order valence-electron chi connectivity index (χ4n) is 1.57. The van der Waals surface area contributed by atoms with E-state index in [1.807, 2.05) is 12.2 Å². The van der Waals surface area contributed by atoms with E-state index in [-0.39, 0.29) is 5.56 Å². The lowest BCUT2D eigenvalue weighted by atomic mass is 10.1. The monoisotopic (exact) mass is 274 g/mol. The molecule has 6 heteroatoms. The topological polar surface area (TPSA) is 41.1 Å². The van der Waals surface area contributed by atoms with Crippen LogP contribution in [0, 0.1) is 6.92 Å². The van der Waals surface area contributed by atoms with Crippen LogP contribution in [0.15, 0.2) is 18.2 Å². The Bertz CT molecular complexity index is 444. The summed E-state index contributed by atoms with van der Waals surface area (Å²) in [4.78, 5) is 11.6. The minimum atomic E-state index is -4.40. The van der Waals surface area contributed by atoms with E-state index in [9.17, 15) is 18.0 Å². The number of carbonyl (C=O) groups excluding carboxylic acids is 1. The highest BCUT2D eigenvalue weighted by atomic mass is 19.4. The average molecular weight is 274 g/mol. The lowest BCUT2D eigenvalue weighted by Gasteiger charge is -2.11. The van der Waals surface area contributed by atoms with Crippen molar-refractivity contribution in [2.75, 3.05) is 18.4 Å². The second kappa shape index (κ2) is 6.45. The fourth-order valence-corrected chi connectivity index (χ4v) is 1.57. The van der Waals surface area contributed by atoms with E-state index in [1.54, 1.807) is 19.1 Å². The standard InChI is InChI=1S/C13H17F3N2O/c1-3-6-17-10-4-5-11(9(2)7-10)12(19)18-8-13(14,15)16/h4-5,7,17H,3,6,8H2,1-2H3,(H,18,19). The van der Waals surface area contributed by atoms with Crippen molar-refractivity contribution in [3.05, 3.63) is 29.3 Å². The van der Waals surface area contributed by atoms with Crippen molar-refractivity contribution in [3.63, 3.8) is 0 Å². The zero-order valence-corrected chi connectivity index (χ0v) is 10.9. The number of amides is 1. The average Bonchev–Trinajstić information content (AvgIpc) is 2.32. The summed E-state index contributed by atoms with van der Waals surface area (Å²) in [6.07, 6.45) is -3.43. The van der Waals surface area contributed by atoms with Gasteiger partial charge in [0.2, 0.25) is 0 Å². The molecule has 0 aliphatic rings. The SMILES string of the molecule is CCCNc1ccc(C(=O)NCC(F)(F)F)c(C)c1. The van der Waals surface area contributed by atoms with Crippen LogP contribution in [0.3, 0.4) is 0 Å². The van der Waals surface area contributed by atoms with Gasteiger partial charge in [0.05, 0.1) is 0 Å². The molecule has 0 spiro atoms. The van der Waals surface area contributed by atoms with Crippen molar-refractivity contribution >= 4 is 11.6 Å². The molecule has 0 bridgehead atoms. The van der Waals surface area contributed by atoms with Gasteiger partial charge in [-0.25, -0.2) is 0 Å². The number of hydrogen-bond acceptors (Lipinski definition) is 2. The van der Waals surface area contributed by atoms with Gasteiger partial charge in [0.1, 0.15) is 6.54 Å². The molecule has 1 rings (SSSR count). The second-order valence-electron chi connectivity index (χ2n) is 4.25. The Morgan fingerprint density at radius 1 is 1.32 bits per heavy atom. The van der Waals surface area contributed by atoms with E-state index >= 15 is 0 Å². The van der Waals surface area contributed by atoms with Crippen LogP contribution in [-0.2, 0) is 0 Å². The lowest BCUT2D eigenvalue weighted by Crippen LogP contribution is -2.34. The molecule has 106 valence electrons. The Labute approximate surface area is 110 Å². The van der Waals surface area contributed by atoms with Gasteiger partial charge >= 0.3 is 6.18 Å². The van der Waals surface area contributed by atoms with Crippen molar-refractivity contribution in [3.8, 4) is 0 Å². The highest BCUT2D eigenvalue weighted by Gasteiger charge is 2.28. The van der Waals surface area contributed by atoms with Gasteiger partial charge < -0.3 is 10.6 Å². The minimum absolute atomic E-state index is 0.256. The molecule has 0 radical (unpaired) electrons. The Balaban J connectivity index is 2.70. The van der Waals surface area contributed by atoms with Gasteiger partial charge in [-0.1, -0.05) is 6.92 Å². The van der Waals surface area contributed by atoms with Gasteiger partial charge in [0.25, 0.3) is 5.91 Å². The Morgan fingerprint density at radius 2 is 2.00 bits per heavy atom. The van der Waals surface area contributed by atoms with Crippen LogP contribution < -0.4 is 10.6 Å². The summed E-state index contributed by atoms with van der Waals surface area (Å²) in [7, 11) is 0. The summed E-state index contributed by atoms with van der Waals surface area (Å²) in [5.74, 6) is -0.711. The molecule has 0 aromatic heterocycles. The normalized spacial score (nSPS) is 11.2. The summed E-state index contributed by atoms with van der Waals surface area (Å²) in [6, 6.07) is 4.96. The summed E-state index contributed by atoms with van der Waals surface area (Å²) < 4.78 is 36.0. The number of aryl methyl sites for hydroxylation is 1. The summed E-state index contributed by atoms with van der Waals surface area (Å²) in [5.41, 5.74) is 1.75. The summed E-state index contributed by atoms with van der Waals surface area (Å²) in [5, 5.41) is 5.00. The van der Waals surface area contributed by atoms with Crippen LogP contribution >= 0.6 is 0 Å². The smallest absolute Gasteiger partial charge is 0.385 e. The molecular formula is C13H17F3N2O. The van der Waals surface area contributed by atoms with E-state index < -0.39 is 18.6 Å². The number of anilines is 1. The summed E-state index contributed by atoms with van der Waals surface area (Å²) >= 11 is 0. The maximum absolute atomic E-state index is 12.0. The van der Waals surface area contributed by atoms with Crippen molar-refractivity contribution in [2.24, 2.45) is 0 Å². The van der Waals surface area contributed by atoms with Crippen LogP contribution in [0.25, 0.3) is 0 Å². The Hall–Kier alpha value is -1.72. The lowest BCUT2D eigenvalue weighted by molar-refractivity contribution is -0.123. The number of rotatable bonds is 5. The third-order valence-electron chi connectivity index (χ3n) is 2.50. The first-order chi connectivity index (χ1) is 8.83. The minimum Gasteiger partial charge on any atom is -0.385 e. The van der Waals surface area contributed by atoms with Gasteiger partial charge in [0, 0.05) is 17.8 Å². The molecule has 1 aromatic carbocycles. The fraction of sp³-hybridized carbons (Fsp3) is 0.462. The molecule has 0 saturated carbocycles. The van der Waals surface area contributed by atoms with Crippen molar-refractivity contribution in [1.29, 1.82) is 0 Å². The molecule has 0 fully saturated rings. The molecule has 0 saturated heterocycles. The highest BCUT2D eigenvalue weighted by molar-refractivity contribution is 5.96. The zero-order chi connectivity index (χ0) is 14.5. The first-order valence-electron chi connectivity index (χ1n) is 6.03. The second-order valence-corrected chi connectivity index (χ2v) is 4.25. The van der Waals surface area contributed by atoms with Crippen LogP contribution in [0.2, 0.25) is 0 Å². The van der Waals surface area contributed by atoms with Crippen LogP contribution in [0.1, 0.15) is 29.3 Å². The highest BCUT2D eigenvalue weighted by Crippen LogP contribution is 2.16. The van der Waals surface area contributed by atoms with Crippen molar-refractivity contribution < 1.29 is 18.0 Å². The molecule has 0 aliphatic carbocycles. The first-order valence-corrected chi connectivity index (χ1v) is 6.03. The third-order valence-corrected chi connectivity index (χ3v) is 2.50. The maximum Gasteiger partial charge on any atom is 0.405 e. The molecule has 2 N–H and O–H groups in total. The van der Waals surface area contributed by atoms with Gasteiger partial charge in [0.15, 0.2) is 0 Å². The van der Waals surface area contributed by atoms with Gasteiger partial charge in [-0.2, -0.15) is 13.2 Å². The largest absolute Gasteiger partial charge is 0.405 e. The van der Waals surface area contributed by atoms with Crippen LogP contribution in [0.5, 0.6) is 0 Å². The molecule has 3 nitrogen and oxygen atoms in total. The van der Waals surface area contributed by atoms with E-state index in [1.165, 1.54) is 6.07 Å². The zero-order valence-electron chi connectivity index (χ0n) is 10.9. The Kier molecular flexibility index (Phi) is 5.20. The quantitative estimate of drug-likeness (QED) is 0.866. The third kappa shape index (κ3) is 5.19. The molecule has 0 heterocycles. The van der Waals surface area contributed by atoms with Crippen molar-refractivity contribution in [2.45, 2.75) is 26.4 Å². The molecule has 0 aliphatic heterocycles. The maximum atomic E-state index is 12.0. The number of benzene rings is 1. The van der Waals surface area contributed by atoms with E-state index in [0.717, 1.165) is 18.7 Å². The van der Waals surface area contributed by atoms with E-state index in [4.69, 9.17) is 0 Å². The van der Waals surface area contributed by atoms with Gasteiger partial charge in [-0.05, 0) is 37.1 Å². The number of carbonyl (C=O) groups is 1. The number of halogens is 3. The molecule has 1 amide bonds. The Morgan fingerprint density at radius 3 is 2.53 bits per heavy atom. The predicted molar refractivity (Wildman–Crippen MR) is 68.3 cm³/mol. The van der Waals surface area contributed by atoms with E-state index in [2.05, 4.69) is 5.32 Å². The van der Waals surface area contributed by atoms with E-state index in [0.29, 0.717) is 5.56 Å². The van der Waals surface area contributed by atoms with Gasteiger partial charge in [-0.3, -0.25) is 4.79 Å². The van der Waals surface area contributed by atoms with Crippen molar-refractivity contribution in [1.82, 2.24) is 5.32 Å². The first kappa shape index (κ1) is 15.3. The predicted octanol–water partition coefficient (Wildman–Crippen LogP) is 3.11. The summed E-state index contributed by atoms with van der Waals surface area (Å²) in [6.45, 7) is 3.21. The van der Waals surface area contributed by atoms with Crippen LogP contribution in [0.4, 0.5) is 18.9 Å². The number of hydrogen-bond donors (Lipinski definition) is 2. The molecule has 0 atom stereocenters. The molecule has 1 aromatic rings. The molecular weight excluding hydrogens is 257 g/mol. The molecule has 19 heavy (non-hydrogen) atoms. The van der Waals surface area contributed by atoms with Gasteiger partial charge in [-0.15, -0.1) is 0 Å².